The van der Waals surface area contributed by atoms with Crippen LogP contribution in [0, 0.1) is 11.3 Å². The Hall–Kier alpha value is -0.0800. The average molecular weight is 238 g/mol. The standard InChI is InChI=1S/C15H30N2/c1-14(2,3)13-9-16-15(4,5)11-17(13)10-12-7-6-8-12/h12-13,16H,6-11H2,1-5H3. The van der Waals surface area contributed by atoms with E-state index in [2.05, 4.69) is 44.8 Å². The lowest BCUT2D eigenvalue weighted by Gasteiger charge is -2.51. The Morgan fingerprint density at radius 1 is 1.24 bits per heavy atom. The van der Waals surface area contributed by atoms with E-state index in [0.717, 1.165) is 12.5 Å². The molecule has 0 radical (unpaired) electrons. The van der Waals surface area contributed by atoms with Crippen molar-refractivity contribution in [2.45, 2.75) is 65.5 Å². The predicted octanol–water partition coefficient (Wildman–Crippen LogP) is 2.89. The van der Waals surface area contributed by atoms with Crippen LogP contribution in [0.3, 0.4) is 0 Å². The average Bonchev–Trinajstić information content (AvgIpc) is 2.07. The molecule has 17 heavy (non-hydrogen) atoms. The van der Waals surface area contributed by atoms with Crippen molar-refractivity contribution >= 4 is 0 Å². The molecule has 1 atom stereocenters. The first kappa shape index (κ1) is 13.4. The lowest BCUT2D eigenvalue weighted by molar-refractivity contribution is 0.0124. The second-order valence-electron chi connectivity index (χ2n) is 7.87. The van der Waals surface area contributed by atoms with Gasteiger partial charge in [-0.05, 0) is 38.0 Å². The molecular formula is C15H30N2. The summed E-state index contributed by atoms with van der Waals surface area (Å²) in [5.41, 5.74) is 0.665. The monoisotopic (exact) mass is 238 g/mol. The van der Waals surface area contributed by atoms with E-state index in [9.17, 15) is 0 Å². The molecule has 2 fully saturated rings. The zero-order chi connectivity index (χ0) is 12.7. The summed E-state index contributed by atoms with van der Waals surface area (Å²) in [5, 5.41) is 3.71. The van der Waals surface area contributed by atoms with Crippen LogP contribution in [0.1, 0.15) is 53.9 Å². The topological polar surface area (TPSA) is 15.3 Å². The first-order valence-corrected chi connectivity index (χ1v) is 7.27. The molecule has 0 aromatic rings. The molecule has 2 nitrogen and oxygen atoms in total. The second kappa shape index (κ2) is 4.55. The van der Waals surface area contributed by atoms with Crippen LogP contribution >= 0.6 is 0 Å². The summed E-state index contributed by atoms with van der Waals surface area (Å²) in [4.78, 5) is 2.76. The van der Waals surface area contributed by atoms with Gasteiger partial charge in [0.1, 0.15) is 0 Å². The smallest absolute Gasteiger partial charge is 0.0270 e. The largest absolute Gasteiger partial charge is 0.309 e. The van der Waals surface area contributed by atoms with Crippen molar-refractivity contribution in [3.63, 3.8) is 0 Å². The van der Waals surface area contributed by atoms with Crippen LogP contribution in [-0.2, 0) is 0 Å². The number of hydrogen-bond acceptors (Lipinski definition) is 2. The van der Waals surface area contributed by atoms with Crippen molar-refractivity contribution in [1.82, 2.24) is 10.2 Å². The van der Waals surface area contributed by atoms with Crippen molar-refractivity contribution in [1.29, 1.82) is 0 Å². The molecule has 1 aliphatic heterocycles. The highest BCUT2D eigenvalue weighted by Gasteiger charge is 2.39. The lowest BCUT2D eigenvalue weighted by atomic mass is 9.79. The molecule has 0 spiro atoms. The van der Waals surface area contributed by atoms with Gasteiger partial charge in [-0.15, -0.1) is 0 Å². The molecule has 0 bridgehead atoms. The second-order valence-corrected chi connectivity index (χ2v) is 7.87. The Balaban J connectivity index is 2.03. The Morgan fingerprint density at radius 2 is 1.88 bits per heavy atom. The minimum absolute atomic E-state index is 0.283. The van der Waals surface area contributed by atoms with Crippen LogP contribution in [0.4, 0.5) is 0 Å². The molecule has 2 rings (SSSR count). The molecule has 0 aromatic heterocycles. The third kappa shape index (κ3) is 3.23. The van der Waals surface area contributed by atoms with Crippen molar-refractivity contribution in [2.24, 2.45) is 11.3 Å². The summed E-state index contributed by atoms with van der Waals surface area (Å²) < 4.78 is 0. The Bertz CT molecular complexity index is 261. The maximum atomic E-state index is 3.71. The Labute approximate surface area is 107 Å². The number of piperazine rings is 1. The van der Waals surface area contributed by atoms with E-state index in [-0.39, 0.29) is 5.54 Å². The molecular weight excluding hydrogens is 208 g/mol. The summed E-state index contributed by atoms with van der Waals surface area (Å²) in [5.74, 6) is 0.980. The fraction of sp³-hybridized carbons (Fsp3) is 1.00. The minimum atomic E-state index is 0.283. The van der Waals surface area contributed by atoms with E-state index in [4.69, 9.17) is 0 Å². The van der Waals surface area contributed by atoms with Gasteiger partial charge in [-0.1, -0.05) is 27.2 Å². The summed E-state index contributed by atoms with van der Waals surface area (Å²) in [7, 11) is 0. The van der Waals surface area contributed by atoms with Crippen LogP contribution in [-0.4, -0.2) is 36.1 Å². The van der Waals surface area contributed by atoms with Crippen LogP contribution in [0.2, 0.25) is 0 Å². The van der Waals surface area contributed by atoms with Crippen molar-refractivity contribution < 1.29 is 0 Å². The molecule has 1 heterocycles. The number of nitrogens with zero attached hydrogens (tertiary/aromatic N) is 1. The highest BCUT2D eigenvalue weighted by atomic mass is 15.3. The van der Waals surface area contributed by atoms with E-state index in [1.807, 2.05) is 0 Å². The first-order chi connectivity index (χ1) is 7.78. The van der Waals surface area contributed by atoms with Crippen molar-refractivity contribution in [3.05, 3.63) is 0 Å². The normalized spacial score (nSPS) is 31.2. The SMILES string of the molecule is CC1(C)CN(CC2CCC2)C(C(C)(C)C)CN1. The van der Waals surface area contributed by atoms with E-state index in [1.54, 1.807) is 0 Å². The van der Waals surface area contributed by atoms with Gasteiger partial charge >= 0.3 is 0 Å². The summed E-state index contributed by atoms with van der Waals surface area (Å²) >= 11 is 0. The Morgan fingerprint density at radius 3 is 2.35 bits per heavy atom. The van der Waals surface area contributed by atoms with Crippen LogP contribution in [0.15, 0.2) is 0 Å². The van der Waals surface area contributed by atoms with Gasteiger partial charge in [0.05, 0.1) is 0 Å². The molecule has 2 aliphatic rings. The number of hydrogen-bond donors (Lipinski definition) is 1. The van der Waals surface area contributed by atoms with Crippen LogP contribution in [0.25, 0.3) is 0 Å². The van der Waals surface area contributed by atoms with Crippen LogP contribution in [0.5, 0.6) is 0 Å². The number of rotatable bonds is 2. The molecule has 0 amide bonds. The molecule has 100 valence electrons. The number of nitrogens with one attached hydrogen (secondary N) is 1. The van der Waals surface area contributed by atoms with Crippen LogP contribution < -0.4 is 5.32 Å². The quantitative estimate of drug-likeness (QED) is 0.796. The van der Waals surface area contributed by atoms with E-state index < -0.39 is 0 Å². The van der Waals surface area contributed by atoms with Crippen molar-refractivity contribution in [2.75, 3.05) is 19.6 Å². The van der Waals surface area contributed by atoms with E-state index in [1.165, 1.54) is 32.4 Å². The highest BCUT2D eigenvalue weighted by Crippen LogP contribution is 2.33. The molecule has 0 aromatic carbocycles. The maximum Gasteiger partial charge on any atom is 0.0270 e. The van der Waals surface area contributed by atoms with Gasteiger partial charge in [0.15, 0.2) is 0 Å². The maximum absolute atomic E-state index is 3.71. The summed E-state index contributed by atoms with van der Waals surface area (Å²) in [6.07, 6.45) is 4.38. The van der Waals surface area contributed by atoms with Gasteiger partial charge < -0.3 is 5.32 Å². The zero-order valence-electron chi connectivity index (χ0n) is 12.3. The van der Waals surface area contributed by atoms with Gasteiger partial charge in [0.2, 0.25) is 0 Å². The first-order valence-electron chi connectivity index (χ1n) is 7.27. The van der Waals surface area contributed by atoms with E-state index in [0.29, 0.717) is 11.5 Å². The molecule has 1 unspecified atom stereocenters. The summed E-state index contributed by atoms with van der Waals surface area (Å²) in [6, 6.07) is 0.691. The molecule has 2 heteroatoms. The summed E-state index contributed by atoms with van der Waals surface area (Å²) in [6.45, 7) is 15.5. The van der Waals surface area contributed by atoms with E-state index >= 15 is 0 Å². The molecule has 1 aliphatic carbocycles. The van der Waals surface area contributed by atoms with Gasteiger partial charge in [0.25, 0.3) is 0 Å². The molecule has 1 saturated heterocycles. The Kier molecular flexibility index (Phi) is 3.57. The lowest BCUT2D eigenvalue weighted by Crippen LogP contribution is -2.65. The molecule has 1 N–H and O–H groups in total. The van der Waals surface area contributed by atoms with Gasteiger partial charge in [-0.25, -0.2) is 0 Å². The fourth-order valence-electron chi connectivity index (χ4n) is 3.23. The van der Waals surface area contributed by atoms with Crippen molar-refractivity contribution in [3.8, 4) is 0 Å². The third-order valence-electron chi connectivity index (χ3n) is 4.53. The van der Waals surface area contributed by atoms with Gasteiger partial charge in [-0.2, -0.15) is 0 Å². The zero-order valence-corrected chi connectivity index (χ0v) is 12.3. The predicted molar refractivity (Wildman–Crippen MR) is 74.2 cm³/mol. The third-order valence-corrected chi connectivity index (χ3v) is 4.53. The highest BCUT2D eigenvalue weighted by molar-refractivity contribution is 4.97. The molecule has 1 saturated carbocycles. The fourth-order valence-corrected chi connectivity index (χ4v) is 3.23. The minimum Gasteiger partial charge on any atom is -0.309 e. The van der Waals surface area contributed by atoms with Gasteiger partial charge in [0, 0.05) is 31.2 Å². The van der Waals surface area contributed by atoms with Gasteiger partial charge in [-0.3, -0.25) is 4.90 Å².